The summed E-state index contributed by atoms with van der Waals surface area (Å²) in [5.74, 6) is 1.38. The standard InChI is InChI=1S/C41H44BNSSi/c1-26(2)29-23-31(27(3)4)41(32(24-29)28(5)6)42-33-15-9-12-18-37(33)44-38-25-30(21-22-34(38)42)43-35-16-10-13-19-39(35)45(7,8)40-20-14-11-17-36(40)43/h9-28H,1-8H3. The summed E-state index contributed by atoms with van der Waals surface area (Å²) in [5.41, 5.74) is 12.7. The molecule has 0 unspecified atom stereocenters. The highest BCUT2D eigenvalue weighted by Gasteiger charge is 2.40. The van der Waals surface area contributed by atoms with Gasteiger partial charge in [-0.3, -0.25) is 0 Å². The third kappa shape index (κ3) is 4.93. The van der Waals surface area contributed by atoms with Crippen molar-refractivity contribution in [2.24, 2.45) is 0 Å². The summed E-state index contributed by atoms with van der Waals surface area (Å²) in [5, 5.41) is 3.01. The van der Waals surface area contributed by atoms with Gasteiger partial charge in [0, 0.05) is 26.9 Å². The summed E-state index contributed by atoms with van der Waals surface area (Å²) in [6.07, 6.45) is 0. The van der Waals surface area contributed by atoms with E-state index < -0.39 is 8.07 Å². The van der Waals surface area contributed by atoms with E-state index in [1.54, 1.807) is 0 Å². The lowest BCUT2D eigenvalue weighted by atomic mass is 9.34. The molecule has 2 heterocycles. The Kier molecular flexibility index (Phi) is 7.65. The first-order chi connectivity index (χ1) is 21.6. The van der Waals surface area contributed by atoms with Crippen molar-refractivity contribution in [2.45, 2.75) is 82.2 Å². The second kappa shape index (κ2) is 11.4. The summed E-state index contributed by atoms with van der Waals surface area (Å²) >= 11 is 1.94. The molecule has 2 aliphatic rings. The average molecular weight is 622 g/mol. The number of hydrogen-bond acceptors (Lipinski definition) is 2. The van der Waals surface area contributed by atoms with Gasteiger partial charge in [-0.25, -0.2) is 0 Å². The van der Waals surface area contributed by atoms with E-state index in [1.165, 1.54) is 70.3 Å². The summed E-state index contributed by atoms with van der Waals surface area (Å²) in [7, 11) is -1.83. The summed E-state index contributed by atoms with van der Waals surface area (Å²) in [6.45, 7) is 19.3. The molecule has 0 fully saturated rings. The molecule has 0 saturated heterocycles. The van der Waals surface area contributed by atoms with Crippen molar-refractivity contribution in [1.82, 2.24) is 0 Å². The molecule has 226 valence electrons. The summed E-state index contributed by atoms with van der Waals surface area (Å²) in [4.78, 5) is 5.26. The van der Waals surface area contributed by atoms with Gasteiger partial charge < -0.3 is 4.90 Å². The molecule has 0 aliphatic carbocycles. The van der Waals surface area contributed by atoms with Crippen LogP contribution in [0, 0.1) is 0 Å². The molecule has 2 aliphatic heterocycles. The largest absolute Gasteiger partial charge is 0.311 e. The van der Waals surface area contributed by atoms with Crippen molar-refractivity contribution in [1.29, 1.82) is 0 Å². The van der Waals surface area contributed by atoms with Gasteiger partial charge >= 0.3 is 0 Å². The van der Waals surface area contributed by atoms with Crippen molar-refractivity contribution >= 4 is 70.4 Å². The Morgan fingerprint density at radius 2 is 1.11 bits per heavy atom. The monoisotopic (exact) mass is 621 g/mol. The Morgan fingerprint density at radius 3 is 1.69 bits per heavy atom. The molecule has 45 heavy (non-hydrogen) atoms. The molecule has 0 amide bonds. The van der Waals surface area contributed by atoms with Crippen LogP contribution in [0.15, 0.2) is 113 Å². The van der Waals surface area contributed by atoms with Crippen LogP contribution >= 0.6 is 11.8 Å². The number of rotatable bonds is 5. The Balaban J connectivity index is 1.46. The molecule has 0 bridgehead atoms. The Labute approximate surface area is 276 Å². The molecule has 0 radical (unpaired) electrons. The molecule has 7 rings (SSSR count). The second-order valence-corrected chi connectivity index (χ2v) is 19.8. The van der Waals surface area contributed by atoms with E-state index in [0.717, 1.165) is 0 Å². The van der Waals surface area contributed by atoms with Crippen molar-refractivity contribution < 1.29 is 0 Å². The minimum atomic E-state index is -1.83. The zero-order valence-electron chi connectivity index (χ0n) is 28.0. The van der Waals surface area contributed by atoms with Gasteiger partial charge in [-0.2, -0.15) is 0 Å². The molecule has 5 aromatic rings. The van der Waals surface area contributed by atoms with E-state index in [1.807, 2.05) is 11.8 Å². The highest BCUT2D eigenvalue weighted by Crippen LogP contribution is 2.41. The Bertz CT molecular complexity index is 1840. The molecule has 0 spiro atoms. The first-order valence-corrected chi connectivity index (χ1v) is 20.5. The molecule has 0 N–H and O–H groups in total. The molecule has 0 saturated carbocycles. The Morgan fingerprint density at radius 1 is 0.578 bits per heavy atom. The van der Waals surface area contributed by atoms with Crippen LogP contribution in [0.2, 0.25) is 13.1 Å². The zero-order valence-corrected chi connectivity index (χ0v) is 29.8. The van der Waals surface area contributed by atoms with Crippen molar-refractivity contribution in [3.8, 4) is 0 Å². The fraction of sp³-hybridized carbons (Fsp3) is 0.268. The number of anilines is 3. The molecule has 0 aromatic heterocycles. The lowest BCUT2D eigenvalue weighted by Gasteiger charge is -2.41. The average Bonchev–Trinajstić information content (AvgIpc) is 3.03. The number of para-hydroxylation sites is 2. The van der Waals surface area contributed by atoms with Gasteiger partial charge in [0.1, 0.15) is 8.07 Å². The highest BCUT2D eigenvalue weighted by atomic mass is 32.2. The van der Waals surface area contributed by atoms with E-state index in [-0.39, 0.29) is 6.71 Å². The SMILES string of the molecule is CC(C)c1cc(C(C)C)c(B2c3ccccc3Sc3cc(N4c5ccccc5[Si](C)(C)c5ccccc54)ccc32)c(C(C)C)c1. The first kappa shape index (κ1) is 30.2. The van der Waals surface area contributed by atoms with Gasteiger partial charge in [0.25, 0.3) is 0 Å². The fourth-order valence-electron chi connectivity index (χ4n) is 7.69. The predicted octanol–water partition coefficient (Wildman–Crippen LogP) is 8.64. The molecular formula is C41H44BNSSi. The Hall–Kier alpha value is -3.47. The van der Waals surface area contributed by atoms with Crippen LogP contribution < -0.4 is 31.7 Å². The third-order valence-electron chi connectivity index (χ3n) is 10.1. The lowest BCUT2D eigenvalue weighted by molar-refractivity contribution is 0.812. The van der Waals surface area contributed by atoms with Crippen LogP contribution in [0.4, 0.5) is 17.1 Å². The van der Waals surface area contributed by atoms with Gasteiger partial charge in [-0.05, 0) is 75.1 Å². The second-order valence-electron chi connectivity index (χ2n) is 14.4. The quantitative estimate of drug-likeness (QED) is 0.177. The maximum atomic E-state index is 2.52. The van der Waals surface area contributed by atoms with Crippen LogP contribution in [0.3, 0.4) is 0 Å². The first-order valence-electron chi connectivity index (χ1n) is 16.7. The highest BCUT2D eigenvalue weighted by molar-refractivity contribution is 8.00. The molecular weight excluding hydrogens is 577 g/mol. The number of nitrogens with zero attached hydrogens (tertiary/aromatic N) is 1. The van der Waals surface area contributed by atoms with Crippen LogP contribution in [0.5, 0.6) is 0 Å². The number of hydrogen-bond donors (Lipinski definition) is 0. The minimum absolute atomic E-state index is 0.204. The van der Waals surface area contributed by atoms with E-state index in [4.69, 9.17) is 0 Å². The summed E-state index contributed by atoms with van der Waals surface area (Å²) < 4.78 is 0. The number of fused-ring (bicyclic) bond motifs is 4. The van der Waals surface area contributed by atoms with Gasteiger partial charge in [0.15, 0.2) is 0 Å². The van der Waals surface area contributed by atoms with Crippen LogP contribution in [0.1, 0.15) is 76.0 Å². The van der Waals surface area contributed by atoms with E-state index in [9.17, 15) is 0 Å². The minimum Gasteiger partial charge on any atom is -0.311 e. The molecule has 1 nitrogen and oxygen atoms in total. The lowest BCUT2D eigenvalue weighted by Crippen LogP contribution is -2.58. The third-order valence-corrected chi connectivity index (χ3v) is 14.8. The number of benzene rings is 5. The van der Waals surface area contributed by atoms with E-state index in [0.29, 0.717) is 17.8 Å². The summed E-state index contributed by atoms with van der Waals surface area (Å²) in [6, 6.07) is 39.7. The molecule has 5 aromatic carbocycles. The van der Waals surface area contributed by atoms with Crippen LogP contribution in [0.25, 0.3) is 0 Å². The van der Waals surface area contributed by atoms with Crippen molar-refractivity contribution in [3.05, 3.63) is 120 Å². The van der Waals surface area contributed by atoms with Crippen molar-refractivity contribution in [3.63, 3.8) is 0 Å². The predicted molar refractivity (Wildman–Crippen MR) is 202 cm³/mol. The van der Waals surface area contributed by atoms with E-state index in [2.05, 4.69) is 163 Å². The smallest absolute Gasteiger partial charge is 0.244 e. The maximum Gasteiger partial charge on any atom is 0.244 e. The van der Waals surface area contributed by atoms with Gasteiger partial charge in [0.2, 0.25) is 6.71 Å². The zero-order chi connectivity index (χ0) is 31.6. The van der Waals surface area contributed by atoms with E-state index >= 15 is 0 Å². The normalized spacial score (nSPS) is 14.8. The molecule has 4 heteroatoms. The fourth-order valence-corrected chi connectivity index (χ4v) is 11.8. The topological polar surface area (TPSA) is 3.24 Å². The van der Waals surface area contributed by atoms with Gasteiger partial charge in [-0.15, -0.1) is 0 Å². The van der Waals surface area contributed by atoms with Gasteiger partial charge in [-0.1, -0.05) is 156 Å². The van der Waals surface area contributed by atoms with Crippen LogP contribution in [-0.4, -0.2) is 14.8 Å². The molecule has 0 atom stereocenters. The van der Waals surface area contributed by atoms with Gasteiger partial charge in [0.05, 0.1) is 0 Å². The maximum absolute atomic E-state index is 2.52. The van der Waals surface area contributed by atoms with Crippen molar-refractivity contribution in [2.75, 3.05) is 4.90 Å². The van der Waals surface area contributed by atoms with Crippen LogP contribution in [-0.2, 0) is 0 Å².